The van der Waals surface area contributed by atoms with Crippen LogP contribution in [0.25, 0.3) is 0 Å². The summed E-state index contributed by atoms with van der Waals surface area (Å²) in [5.74, 6) is -2.20. The molecule has 0 heterocycles. The lowest BCUT2D eigenvalue weighted by Crippen LogP contribution is -2.38. The molecule has 7 heteroatoms. The van der Waals surface area contributed by atoms with Crippen molar-refractivity contribution in [1.82, 2.24) is 10.6 Å². The Balaban J connectivity index is 2.39. The average molecular weight is 252 g/mol. The van der Waals surface area contributed by atoms with E-state index in [1.165, 1.54) is 24.3 Å². The Morgan fingerprint density at radius 3 is 2.17 bits per heavy atom. The van der Waals surface area contributed by atoms with Crippen LogP contribution < -0.4 is 10.6 Å². The summed E-state index contributed by atoms with van der Waals surface area (Å²) in [7, 11) is 0. The van der Waals surface area contributed by atoms with E-state index in [1.807, 2.05) is 0 Å². The smallest absolute Gasteiger partial charge is 0.322 e. The van der Waals surface area contributed by atoms with Gasteiger partial charge in [0.15, 0.2) is 0 Å². The van der Waals surface area contributed by atoms with Crippen molar-refractivity contribution in [1.29, 1.82) is 0 Å². The van der Waals surface area contributed by atoms with Crippen LogP contribution in [0.15, 0.2) is 24.3 Å². The Bertz CT molecular complexity index is 455. The van der Waals surface area contributed by atoms with Crippen LogP contribution in [0.5, 0.6) is 5.75 Å². The van der Waals surface area contributed by atoms with E-state index in [0.717, 1.165) is 0 Å². The number of amides is 2. The maximum atomic E-state index is 11.5. The summed E-state index contributed by atoms with van der Waals surface area (Å²) in [5.41, 5.74) is 0.291. The fourth-order valence-corrected chi connectivity index (χ4v) is 1.11. The number of carbonyl (C=O) groups is 3. The van der Waals surface area contributed by atoms with E-state index in [9.17, 15) is 14.4 Å². The zero-order valence-electron chi connectivity index (χ0n) is 9.34. The predicted octanol–water partition coefficient (Wildman–Crippen LogP) is -0.677. The first-order valence-corrected chi connectivity index (χ1v) is 5.05. The molecule has 1 aromatic rings. The lowest BCUT2D eigenvalue weighted by molar-refractivity contribution is -0.137. The van der Waals surface area contributed by atoms with Gasteiger partial charge in [0.2, 0.25) is 5.91 Å². The van der Waals surface area contributed by atoms with Crippen LogP contribution in [0.2, 0.25) is 0 Å². The SMILES string of the molecule is O=C(O)CNC(=O)CNC(=O)c1ccc(O)cc1. The molecule has 18 heavy (non-hydrogen) atoms. The first kappa shape index (κ1) is 13.5. The van der Waals surface area contributed by atoms with Crippen LogP contribution >= 0.6 is 0 Å². The fourth-order valence-electron chi connectivity index (χ4n) is 1.11. The van der Waals surface area contributed by atoms with Gasteiger partial charge in [0, 0.05) is 5.56 Å². The number of nitrogens with one attached hydrogen (secondary N) is 2. The minimum absolute atomic E-state index is 0.0331. The summed E-state index contributed by atoms with van der Waals surface area (Å²) in [6.45, 7) is -0.805. The van der Waals surface area contributed by atoms with Gasteiger partial charge >= 0.3 is 5.97 Å². The van der Waals surface area contributed by atoms with E-state index in [2.05, 4.69) is 10.6 Å². The molecule has 0 aliphatic carbocycles. The van der Waals surface area contributed by atoms with Gasteiger partial charge in [-0.1, -0.05) is 0 Å². The molecule has 0 aliphatic heterocycles. The monoisotopic (exact) mass is 252 g/mol. The Kier molecular flexibility index (Phi) is 4.67. The van der Waals surface area contributed by atoms with Crippen LogP contribution in [0.4, 0.5) is 0 Å². The first-order chi connectivity index (χ1) is 8.49. The molecule has 0 saturated heterocycles. The summed E-state index contributed by atoms with van der Waals surface area (Å²) < 4.78 is 0. The molecule has 2 amide bonds. The van der Waals surface area contributed by atoms with Crippen LogP contribution in [-0.2, 0) is 9.59 Å². The number of benzene rings is 1. The standard InChI is InChI=1S/C11H12N2O5/c14-8-3-1-7(2-4-8)11(18)13-5-9(15)12-6-10(16)17/h1-4,14H,5-6H2,(H,12,15)(H,13,18)(H,16,17). The Morgan fingerprint density at radius 2 is 1.61 bits per heavy atom. The van der Waals surface area contributed by atoms with Gasteiger partial charge in [-0.25, -0.2) is 0 Å². The third-order valence-electron chi connectivity index (χ3n) is 1.98. The molecule has 0 fully saturated rings. The zero-order chi connectivity index (χ0) is 13.5. The molecule has 0 bridgehead atoms. The van der Waals surface area contributed by atoms with Crippen molar-refractivity contribution >= 4 is 17.8 Å². The van der Waals surface area contributed by atoms with Crippen molar-refractivity contribution in [2.45, 2.75) is 0 Å². The third kappa shape index (κ3) is 4.52. The van der Waals surface area contributed by atoms with Crippen molar-refractivity contribution in [2.24, 2.45) is 0 Å². The molecular weight excluding hydrogens is 240 g/mol. The highest BCUT2D eigenvalue weighted by Gasteiger charge is 2.08. The lowest BCUT2D eigenvalue weighted by atomic mass is 10.2. The summed E-state index contributed by atoms with van der Waals surface area (Å²) in [6.07, 6.45) is 0. The van der Waals surface area contributed by atoms with Gasteiger partial charge in [-0.3, -0.25) is 14.4 Å². The van der Waals surface area contributed by atoms with Crippen LogP contribution in [-0.4, -0.2) is 41.1 Å². The van der Waals surface area contributed by atoms with E-state index in [4.69, 9.17) is 10.2 Å². The van der Waals surface area contributed by atoms with Crippen LogP contribution in [0.3, 0.4) is 0 Å². The van der Waals surface area contributed by atoms with Crippen molar-refractivity contribution < 1.29 is 24.6 Å². The molecule has 0 aliphatic rings. The van der Waals surface area contributed by atoms with Gasteiger partial charge in [-0.15, -0.1) is 0 Å². The molecule has 7 nitrogen and oxygen atoms in total. The van der Waals surface area contributed by atoms with Crippen molar-refractivity contribution in [3.05, 3.63) is 29.8 Å². The number of carboxylic acid groups (broad SMARTS) is 1. The number of phenols is 1. The topological polar surface area (TPSA) is 116 Å². The second-order valence-electron chi connectivity index (χ2n) is 3.40. The summed E-state index contributed by atoms with van der Waals surface area (Å²) in [6, 6.07) is 5.50. The molecule has 0 atom stereocenters. The van der Waals surface area contributed by atoms with E-state index >= 15 is 0 Å². The molecule has 1 aromatic carbocycles. The number of aromatic hydroxyl groups is 1. The fraction of sp³-hybridized carbons (Fsp3) is 0.182. The number of carboxylic acids is 1. The minimum Gasteiger partial charge on any atom is -0.508 e. The molecule has 0 saturated carbocycles. The highest BCUT2D eigenvalue weighted by atomic mass is 16.4. The molecule has 0 aromatic heterocycles. The predicted molar refractivity (Wildman–Crippen MR) is 61.1 cm³/mol. The van der Waals surface area contributed by atoms with E-state index < -0.39 is 24.3 Å². The highest BCUT2D eigenvalue weighted by molar-refractivity contribution is 5.96. The van der Waals surface area contributed by atoms with Gasteiger partial charge in [0.25, 0.3) is 5.91 Å². The number of carbonyl (C=O) groups excluding carboxylic acids is 2. The van der Waals surface area contributed by atoms with Gasteiger partial charge in [0.05, 0.1) is 6.54 Å². The number of rotatable bonds is 5. The van der Waals surface area contributed by atoms with E-state index in [0.29, 0.717) is 5.56 Å². The molecular formula is C11H12N2O5. The quantitative estimate of drug-likeness (QED) is 0.554. The van der Waals surface area contributed by atoms with Gasteiger partial charge < -0.3 is 20.8 Å². The largest absolute Gasteiger partial charge is 0.508 e. The van der Waals surface area contributed by atoms with Crippen LogP contribution in [0.1, 0.15) is 10.4 Å². The molecule has 0 unspecified atom stereocenters. The second kappa shape index (κ2) is 6.24. The van der Waals surface area contributed by atoms with Crippen molar-refractivity contribution in [2.75, 3.05) is 13.1 Å². The van der Waals surface area contributed by atoms with Crippen molar-refractivity contribution in [3.8, 4) is 5.75 Å². The van der Waals surface area contributed by atoms with Crippen LogP contribution in [0, 0.1) is 0 Å². The van der Waals surface area contributed by atoms with Gasteiger partial charge in [-0.05, 0) is 24.3 Å². The lowest BCUT2D eigenvalue weighted by Gasteiger charge is -2.05. The number of aliphatic carboxylic acids is 1. The highest BCUT2D eigenvalue weighted by Crippen LogP contribution is 2.09. The molecule has 4 N–H and O–H groups in total. The average Bonchev–Trinajstić information content (AvgIpc) is 2.34. The normalized spacial score (nSPS) is 9.56. The van der Waals surface area contributed by atoms with Gasteiger partial charge in [0.1, 0.15) is 12.3 Å². The minimum atomic E-state index is -1.16. The number of hydrogen-bond acceptors (Lipinski definition) is 4. The zero-order valence-corrected chi connectivity index (χ0v) is 9.34. The number of hydrogen-bond donors (Lipinski definition) is 4. The molecule has 0 spiro atoms. The van der Waals surface area contributed by atoms with E-state index in [1.54, 1.807) is 0 Å². The van der Waals surface area contributed by atoms with Crippen molar-refractivity contribution in [3.63, 3.8) is 0 Å². The second-order valence-corrected chi connectivity index (χ2v) is 3.40. The molecule has 0 radical (unpaired) electrons. The van der Waals surface area contributed by atoms with E-state index in [-0.39, 0.29) is 12.3 Å². The Hall–Kier alpha value is -2.57. The molecule has 96 valence electrons. The Labute approximate surface area is 102 Å². The maximum absolute atomic E-state index is 11.5. The third-order valence-corrected chi connectivity index (χ3v) is 1.98. The first-order valence-electron chi connectivity index (χ1n) is 5.05. The summed E-state index contributed by atoms with van der Waals surface area (Å²) in [5, 5.41) is 21.8. The summed E-state index contributed by atoms with van der Waals surface area (Å²) >= 11 is 0. The number of phenolic OH excluding ortho intramolecular Hbond substituents is 1. The maximum Gasteiger partial charge on any atom is 0.322 e. The Morgan fingerprint density at radius 1 is 1.00 bits per heavy atom. The molecule has 1 rings (SSSR count). The summed E-state index contributed by atoms with van der Waals surface area (Å²) in [4.78, 5) is 32.8. The van der Waals surface area contributed by atoms with Gasteiger partial charge in [-0.2, -0.15) is 0 Å².